The van der Waals surface area contributed by atoms with Crippen molar-refractivity contribution in [2.75, 3.05) is 13.7 Å². The third kappa shape index (κ3) is 2.30. The van der Waals surface area contributed by atoms with Gasteiger partial charge < -0.3 is 14.4 Å². The minimum atomic E-state index is -0.0903. The summed E-state index contributed by atoms with van der Waals surface area (Å²) in [7, 11) is 1.67. The van der Waals surface area contributed by atoms with Crippen molar-refractivity contribution in [2.24, 2.45) is 5.92 Å². The van der Waals surface area contributed by atoms with E-state index in [-0.39, 0.29) is 12.6 Å². The summed E-state index contributed by atoms with van der Waals surface area (Å²) in [5.74, 6) is 0.997. The molecule has 5 nitrogen and oxygen atoms in total. The highest BCUT2D eigenvalue weighted by molar-refractivity contribution is 4.88. The minimum absolute atomic E-state index is 0.0903. The van der Waals surface area contributed by atoms with Crippen LogP contribution in [0.4, 0.5) is 0 Å². The fourth-order valence-electron chi connectivity index (χ4n) is 1.42. The molecular weight excluding hydrogens is 182 g/mol. The van der Waals surface area contributed by atoms with Crippen LogP contribution < -0.4 is 0 Å². The van der Waals surface area contributed by atoms with Crippen LogP contribution >= 0.6 is 0 Å². The van der Waals surface area contributed by atoms with Crippen molar-refractivity contribution in [3.05, 3.63) is 12.2 Å². The second-order valence-corrected chi connectivity index (χ2v) is 3.58. The third-order valence-corrected chi connectivity index (χ3v) is 2.25. The molecule has 0 spiro atoms. The topological polar surface area (TPSA) is 60.2 Å². The van der Waals surface area contributed by atoms with E-state index in [4.69, 9.17) is 9.84 Å². The molecule has 0 aliphatic heterocycles. The van der Waals surface area contributed by atoms with E-state index in [1.807, 2.05) is 4.57 Å². The Morgan fingerprint density at radius 1 is 1.57 bits per heavy atom. The van der Waals surface area contributed by atoms with E-state index in [0.717, 1.165) is 0 Å². The maximum absolute atomic E-state index is 9.04. The van der Waals surface area contributed by atoms with Crippen LogP contribution in [-0.4, -0.2) is 33.6 Å². The van der Waals surface area contributed by atoms with Gasteiger partial charge in [-0.15, -0.1) is 10.2 Å². The van der Waals surface area contributed by atoms with Crippen LogP contribution in [-0.2, 0) is 11.3 Å². The second-order valence-electron chi connectivity index (χ2n) is 3.58. The van der Waals surface area contributed by atoms with Gasteiger partial charge in [0, 0.05) is 7.11 Å². The van der Waals surface area contributed by atoms with Crippen molar-refractivity contribution < 1.29 is 9.84 Å². The number of aliphatic hydroxyl groups excluding tert-OH is 1. The van der Waals surface area contributed by atoms with Crippen molar-refractivity contribution in [3.8, 4) is 0 Å². The van der Waals surface area contributed by atoms with Gasteiger partial charge in [0.1, 0.15) is 12.9 Å². The van der Waals surface area contributed by atoms with E-state index in [1.165, 1.54) is 0 Å². The molecular formula is C9H17N3O2. The zero-order valence-electron chi connectivity index (χ0n) is 8.84. The van der Waals surface area contributed by atoms with E-state index in [0.29, 0.717) is 18.3 Å². The second kappa shape index (κ2) is 5.07. The van der Waals surface area contributed by atoms with Gasteiger partial charge in [-0.2, -0.15) is 0 Å². The van der Waals surface area contributed by atoms with Gasteiger partial charge in [0.15, 0.2) is 5.82 Å². The Hall–Kier alpha value is -0.940. The van der Waals surface area contributed by atoms with Crippen LogP contribution in [0.1, 0.15) is 25.7 Å². The zero-order valence-corrected chi connectivity index (χ0v) is 8.84. The molecule has 0 saturated heterocycles. The van der Waals surface area contributed by atoms with Crippen LogP contribution in [0.3, 0.4) is 0 Å². The summed E-state index contributed by atoms with van der Waals surface area (Å²) >= 11 is 0. The van der Waals surface area contributed by atoms with Gasteiger partial charge in [0.2, 0.25) is 0 Å². The molecule has 80 valence electrons. The van der Waals surface area contributed by atoms with Crippen LogP contribution in [0.15, 0.2) is 6.33 Å². The highest BCUT2D eigenvalue weighted by Gasteiger charge is 2.18. The van der Waals surface area contributed by atoms with Crippen molar-refractivity contribution >= 4 is 0 Å². The normalized spacial score (nSPS) is 13.5. The molecule has 0 radical (unpaired) electrons. The average molecular weight is 199 g/mol. The summed E-state index contributed by atoms with van der Waals surface area (Å²) in [5.41, 5.74) is 0. The third-order valence-electron chi connectivity index (χ3n) is 2.25. The first-order chi connectivity index (χ1) is 6.70. The smallest absolute Gasteiger partial charge is 0.158 e. The Morgan fingerprint density at radius 3 is 2.79 bits per heavy atom. The fraction of sp³-hybridized carbons (Fsp3) is 0.778. The lowest BCUT2D eigenvalue weighted by molar-refractivity contribution is 0.128. The van der Waals surface area contributed by atoms with Gasteiger partial charge in [-0.05, 0) is 5.92 Å². The number of nitrogens with zero attached hydrogens (tertiary/aromatic N) is 3. The van der Waals surface area contributed by atoms with Gasteiger partial charge in [0.05, 0.1) is 12.6 Å². The number of aliphatic hydroxyl groups is 1. The maximum atomic E-state index is 9.04. The molecule has 1 N–H and O–H groups in total. The monoisotopic (exact) mass is 199 g/mol. The molecule has 1 rings (SSSR count). The van der Waals surface area contributed by atoms with Crippen molar-refractivity contribution in [2.45, 2.75) is 26.5 Å². The lowest BCUT2D eigenvalue weighted by Crippen LogP contribution is -2.21. The van der Waals surface area contributed by atoms with Gasteiger partial charge in [-0.1, -0.05) is 13.8 Å². The zero-order chi connectivity index (χ0) is 10.6. The quantitative estimate of drug-likeness (QED) is 0.755. The van der Waals surface area contributed by atoms with Crippen LogP contribution in [0.25, 0.3) is 0 Å². The molecule has 14 heavy (non-hydrogen) atoms. The fourth-order valence-corrected chi connectivity index (χ4v) is 1.42. The first-order valence-electron chi connectivity index (χ1n) is 4.68. The SMILES string of the molecule is COCC(C(C)C)n1cnnc1CO. The molecule has 0 bridgehead atoms. The van der Waals surface area contributed by atoms with Gasteiger partial charge >= 0.3 is 0 Å². The molecule has 1 atom stereocenters. The van der Waals surface area contributed by atoms with E-state index in [2.05, 4.69) is 24.0 Å². The van der Waals surface area contributed by atoms with Crippen molar-refractivity contribution in [3.63, 3.8) is 0 Å². The Morgan fingerprint density at radius 2 is 2.29 bits per heavy atom. The standard InChI is InChI=1S/C9H17N3O2/c1-7(2)8(5-14-3)12-6-10-11-9(12)4-13/h6-8,13H,4-5H2,1-3H3. The highest BCUT2D eigenvalue weighted by Crippen LogP contribution is 2.18. The predicted molar refractivity (Wildman–Crippen MR) is 51.7 cm³/mol. The molecule has 0 aromatic carbocycles. The van der Waals surface area contributed by atoms with Crippen LogP contribution in [0.2, 0.25) is 0 Å². The molecule has 1 heterocycles. The van der Waals surface area contributed by atoms with Gasteiger partial charge in [-0.25, -0.2) is 0 Å². The summed E-state index contributed by atoms with van der Waals surface area (Å²) in [4.78, 5) is 0. The first-order valence-corrected chi connectivity index (χ1v) is 4.68. The lowest BCUT2D eigenvalue weighted by Gasteiger charge is -2.22. The summed E-state index contributed by atoms with van der Waals surface area (Å²) < 4.78 is 7.00. The number of aromatic nitrogens is 3. The minimum Gasteiger partial charge on any atom is -0.388 e. The summed E-state index contributed by atoms with van der Waals surface area (Å²) in [6, 6.07) is 0.178. The number of rotatable bonds is 5. The number of methoxy groups -OCH3 is 1. The van der Waals surface area contributed by atoms with Gasteiger partial charge in [-0.3, -0.25) is 0 Å². The molecule has 1 aromatic rings. The largest absolute Gasteiger partial charge is 0.388 e. The lowest BCUT2D eigenvalue weighted by atomic mass is 10.1. The summed E-state index contributed by atoms with van der Waals surface area (Å²) in [6.07, 6.45) is 1.63. The molecule has 0 saturated carbocycles. The van der Waals surface area contributed by atoms with E-state index < -0.39 is 0 Å². The number of ether oxygens (including phenoxy) is 1. The Kier molecular flexibility index (Phi) is 4.03. The van der Waals surface area contributed by atoms with Gasteiger partial charge in [0.25, 0.3) is 0 Å². The van der Waals surface area contributed by atoms with E-state index >= 15 is 0 Å². The Labute approximate surface area is 83.7 Å². The van der Waals surface area contributed by atoms with Crippen molar-refractivity contribution in [1.29, 1.82) is 0 Å². The molecule has 1 aromatic heterocycles. The highest BCUT2D eigenvalue weighted by atomic mass is 16.5. The molecule has 0 aliphatic carbocycles. The Bertz CT molecular complexity index is 273. The van der Waals surface area contributed by atoms with Crippen LogP contribution in [0, 0.1) is 5.92 Å². The van der Waals surface area contributed by atoms with E-state index in [9.17, 15) is 0 Å². The van der Waals surface area contributed by atoms with Crippen LogP contribution in [0.5, 0.6) is 0 Å². The first kappa shape index (κ1) is 11.1. The average Bonchev–Trinajstić information content (AvgIpc) is 2.61. The summed E-state index contributed by atoms with van der Waals surface area (Å²) in [6.45, 7) is 4.71. The molecule has 0 amide bonds. The van der Waals surface area contributed by atoms with E-state index in [1.54, 1.807) is 13.4 Å². The molecule has 0 fully saturated rings. The molecule has 1 unspecified atom stereocenters. The molecule has 5 heteroatoms. The number of hydrogen-bond acceptors (Lipinski definition) is 4. The summed E-state index contributed by atoms with van der Waals surface area (Å²) in [5, 5.41) is 16.6. The molecule has 0 aliphatic rings. The Balaban J connectivity index is 2.86. The van der Waals surface area contributed by atoms with Crippen molar-refractivity contribution in [1.82, 2.24) is 14.8 Å². The number of hydrogen-bond donors (Lipinski definition) is 1. The maximum Gasteiger partial charge on any atom is 0.158 e. The predicted octanol–water partition coefficient (Wildman–Crippen LogP) is 0.614.